The predicted molar refractivity (Wildman–Crippen MR) is 156 cm³/mol. The van der Waals surface area contributed by atoms with E-state index in [1.807, 2.05) is 67.8 Å². The largest absolute Gasteiger partial charge is 0.460 e. The Labute approximate surface area is 233 Å². The van der Waals surface area contributed by atoms with Gasteiger partial charge in [-0.1, -0.05) is 49.2 Å². The first-order valence-electron chi connectivity index (χ1n) is 12.3. The molecule has 0 spiro atoms. The minimum atomic E-state index is -0.619. The summed E-state index contributed by atoms with van der Waals surface area (Å²) >= 11 is 1.56. The van der Waals surface area contributed by atoms with Crippen molar-refractivity contribution in [1.29, 1.82) is 0 Å². The maximum atomic E-state index is 13.4. The summed E-state index contributed by atoms with van der Waals surface area (Å²) in [5.74, 6) is 6.34. The lowest BCUT2D eigenvalue weighted by atomic mass is 9.99. The number of aryl methyl sites for hydroxylation is 2. The molecule has 198 valence electrons. The molecule has 0 bridgehead atoms. The minimum Gasteiger partial charge on any atom is -0.460 e. The van der Waals surface area contributed by atoms with Gasteiger partial charge < -0.3 is 15.9 Å². The Bertz CT molecular complexity index is 1980. The number of hydrogen-bond donors (Lipinski definition) is 2. The summed E-state index contributed by atoms with van der Waals surface area (Å²) in [6.07, 6.45) is 3.83. The summed E-state index contributed by atoms with van der Waals surface area (Å²) in [7, 11) is 0. The summed E-state index contributed by atoms with van der Waals surface area (Å²) in [5.41, 5.74) is 14.5. The third-order valence-electron chi connectivity index (χ3n) is 5.99. The molecule has 0 atom stereocenters. The fourth-order valence-electron chi connectivity index (χ4n) is 4.23. The number of rotatable bonds is 3. The first-order valence-corrected chi connectivity index (χ1v) is 13.2. The molecule has 6 aromatic rings. The second kappa shape index (κ2) is 11.2. The molecule has 2 aromatic carbocycles. The number of carbonyl (C=O) groups is 1. The topological polar surface area (TPSA) is 142 Å². The van der Waals surface area contributed by atoms with Gasteiger partial charge in [0.2, 0.25) is 5.43 Å². The van der Waals surface area contributed by atoms with Crippen LogP contribution in [0.5, 0.6) is 0 Å². The quantitative estimate of drug-likeness (QED) is 0.308. The van der Waals surface area contributed by atoms with Crippen molar-refractivity contribution in [2.75, 3.05) is 5.73 Å². The maximum Gasteiger partial charge on any atom is 0.256 e. The number of thiazole rings is 1. The van der Waals surface area contributed by atoms with Crippen molar-refractivity contribution in [3.63, 3.8) is 0 Å². The Hall–Kier alpha value is -5.27. The number of hydrogen-bond acceptors (Lipinski definition) is 8. The van der Waals surface area contributed by atoms with Crippen LogP contribution in [-0.4, -0.2) is 25.5 Å². The van der Waals surface area contributed by atoms with Gasteiger partial charge in [-0.2, -0.15) is 0 Å². The maximum absolute atomic E-state index is 13.4. The van der Waals surface area contributed by atoms with Crippen LogP contribution in [0.2, 0.25) is 0 Å². The molecule has 0 unspecified atom stereocenters. The lowest BCUT2D eigenvalue weighted by Gasteiger charge is -2.09. The van der Waals surface area contributed by atoms with Crippen LogP contribution in [0, 0.1) is 18.8 Å². The van der Waals surface area contributed by atoms with E-state index in [0.29, 0.717) is 45.6 Å². The Morgan fingerprint density at radius 2 is 1.90 bits per heavy atom. The summed E-state index contributed by atoms with van der Waals surface area (Å²) in [4.78, 5) is 32.7. The third-order valence-corrected chi connectivity index (χ3v) is 6.76. The van der Waals surface area contributed by atoms with Crippen LogP contribution in [-0.2, 0) is 6.42 Å². The van der Waals surface area contributed by atoms with E-state index in [1.54, 1.807) is 29.8 Å². The summed E-state index contributed by atoms with van der Waals surface area (Å²) in [6.45, 7) is 3.94. The third kappa shape index (κ3) is 5.18. The molecule has 0 fully saturated rings. The molecule has 4 heterocycles. The van der Waals surface area contributed by atoms with Crippen LogP contribution in [0.15, 0.2) is 81.6 Å². The van der Waals surface area contributed by atoms with Crippen molar-refractivity contribution < 1.29 is 9.21 Å². The van der Waals surface area contributed by atoms with Gasteiger partial charge in [-0.25, -0.2) is 14.5 Å². The van der Waals surface area contributed by atoms with Gasteiger partial charge in [0.15, 0.2) is 11.5 Å². The number of carbonyl (C=O) groups excluding carboxylic acids is 1. The van der Waals surface area contributed by atoms with Gasteiger partial charge in [0, 0.05) is 29.8 Å². The number of anilines is 1. The van der Waals surface area contributed by atoms with Gasteiger partial charge >= 0.3 is 0 Å². The lowest BCUT2D eigenvalue weighted by Crippen LogP contribution is -2.12. The number of nitrogens with zero attached hydrogens (tertiary/aromatic N) is 4. The van der Waals surface area contributed by atoms with Crippen LogP contribution in [0.1, 0.15) is 39.3 Å². The average Bonchev–Trinajstić information content (AvgIpc) is 3.53. The van der Waals surface area contributed by atoms with Crippen molar-refractivity contribution in [2.45, 2.75) is 20.3 Å². The highest BCUT2D eigenvalue weighted by molar-refractivity contribution is 7.09. The van der Waals surface area contributed by atoms with Gasteiger partial charge in [-0.3, -0.25) is 9.59 Å². The number of fused-ring (bicyclic) bond motifs is 2. The van der Waals surface area contributed by atoms with E-state index in [0.717, 1.165) is 10.6 Å². The molecule has 4 aromatic heterocycles. The first-order chi connectivity index (χ1) is 19.4. The van der Waals surface area contributed by atoms with Gasteiger partial charge in [0.25, 0.3) is 5.91 Å². The molecule has 0 aliphatic carbocycles. The number of amides is 1. The number of benzene rings is 2. The smallest absolute Gasteiger partial charge is 0.256 e. The van der Waals surface area contributed by atoms with Crippen molar-refractivity contribution in [1.82, 2.24) is 19.6 Å². The van der Waals surface area contributed by atoms with Gasteiger partial charge in [0.1, 0.15) is 22.6 Å². The van der Waals surface area contributed by atoms with E-state index in [2.05, 4.69) is 26.9 Å². The van der Waals surface area contributed by atoms with Crippen LogP contribution in [0.25, 0.3) is 27.7 Å². The number of nitrogen functional groups attached to an aromatic ring is 1. The van der Waals surface area contributed by atoms with Crippen LogP contribution < -0.4 is 16.9 Å². The molecule has 9 nitrogen and oxygen atoms in total. The van der Waals surface area contributed by atoms with E-state index in [9.17, 15) is 9.59 Å². The van der Waals surface area contributed by atoms with Crippen LogP contribution >= 0.6 is 11.3 Å². The van der Waals surface area contributed by atoms with E-state index < -0.39 is 5.91 Å². The molecule has 4 N–H and O–H groups in total. The molecule has 40 heavy (non-hydrogen) atoms. The van der Waals surface area contributed by atoms with Gasteiger partial charge in [0.05, 0.1) is 16.0 Å². The van der Waals surface area contributed by atoms with Gasteiger partial charge in [-0.05, 0) is 36.6 Å². The SMILES string of the molecule is CCc1oc2cccc(C#Cc3csc(C)n3)c2c(=O)c1-c1ccccc1.NC(=O)c1c(N)nn2cccnc12. The van der Waals surface area contributed by atoms with Gasteiger partial charge in [-0.15, -0.1) is 16.4 Å². The fourth-order valence-corrected chi connectivity index (χ4v) is 4.77. The Morgan fingerprint density at radius 3 is 2.60 bits per heavy atom. The van der Waals surface area contributed by atoms with Crippen LogP contribution in [0.3, 0.4) is 0 Å². The molecule has 6 rings (SSSR count). The summed E-state index contributed by atoms with van der Waals surface area (Å²) in [6, 6.07) is 16.9. The summed E-state index contributed by atoms with van der Waals surface area (Å²) < 4.78 is 7.50. The van der Waals surface area contributed by atoms with Crippen molar-refractivity contribution >= 4 is 39.7 Å². The van der Waals surface area contributed by atoms with E-state index in [1.165, 1.54) is 4.52 Å². The molecule has 0 saturated heterocycles. The van der Waals surface area contributed by atoms with E-state index >= 15 is 0 Å². The van der Waals surface area contributed by atoms with Crippen molar-refractivity contribution in [2.24, 2.45) is 5.73 Å². The highest BCUT2D eigenvalue weighted by atomic mass is 32.1. The van der Waals surface area contributed by atoms with Crippen LogP contribution in [0.4, 0.5) is 5.82 Å². The standard InChI is InChI=1S/C23H17NO2S.C7H7N5O/c1-3-19-21(16-8-5-4-6-9-16)23(25)22-17(10-7-11-20(22)26-19)12-13-18-14-27-15(2)24-18;8-5-4(6(9)13)7-10-2-1-3-12(7)11-5/h4-11,14H,3H2,1-2H3;1-3H,(H2,8,11)(H2,9,13). The Balaban J connectivity index is 0.000000207. The van der Waals surface area contributed by atoms with Crippen molar-refractivity contribution in [3.05, 3.63) is 110 Å². The number of aromatic nitrogens is 4. The minimum absolute atomic E-state index is 0.0429. The lowest BCUT2D eigenvalue weighted by molar-refractivity contribution is 0.100. The fraction of sp³-hybridized carbons (Fsp3) is 0.100. The zero-order valence-electron chi connectivity index (χ0n) is 21.7. The highest BCUT2D eigenvalue weighted by Crippen LogP contribution is 2.26. The zero-order chi connectivity index (χ0) is 28.2. The Kier molecular flexibility index (Phi) is 7.39. The molecular weight excluding hydrogens is 524 g/mol. The van der Waals surface area contributed by atoms with Crippen molar-refractivity contribution in [3.8, 4) is 23.0 Å². The zero-order valence-corrected chi connectivity index (χ0v) is 22.5. The molecular formula is C30H24N6O3S. The molecule has 0 aliphatic heterocycles. The normalized spacial score (nSPS) is 10.6. The predicted octanol–water partition coefficient (Wildman–Crippen LogP) is 4.60. The molecule has 0 radical (unpaired) electrons. The molecule has 1 amide bonds. The monoisotopic (exact) mass is 548 g/mol. The van der Waals surface area contributed by atoms with E-state index in [-0.39, 0.29) is 16.8 Å². The summed E-state index contributed by atoms with van der Waals surface area (Å²) in [5, 5.41) is 7.27. The second-order valence-corrected chi connectivity index (χ2v) is 9.70. The first kappa shape index (κ1) is 26.3. The average molecular weight is 549 g/mol. The van der Waals surface area contributed by atoms with E-state index in [4.69, 9.17) is 15.9 Å². The second-order valence-electron chi connectivity index (χ2n) is 8.64. The number of primary amides is 1. The Morgan fingerprint density at radius 1 is 1.10 bits per heavy atom. The highest BCUT2D eigenvalue weighted by Gasteiger charge is 2.17. The number of nitrogens with two attached hydrogens (primary N) is 2. The molecule has 0 aliphatic rings. The molecule has 0 saturated carbocycles. The molecule has 10 heteroatoms.